The largest absolute Gasteiger partial charge is 0.325 e. The van der Waals surface area contributed by atoms with Gasteiger partial charge < -0.3 is 5.32 Å². The van der Waals surface area contributed by atoms with Crippen molar-refractivity contribution in [3.63, 3.8) is 0 Å². The van der Waals surface area contributed by atoms with Crippen molar-refractivity contribution in [1.82, 2.24) is 3.96 Å². The standard InChI is InChI=1S/C18H13Cl2N5S/c1-11-7-17(22)25(26-11)18(23-13-4-2-3-12(8-13)10-21)24-14-5-6-15(19)16(20)9-14/h2-9,22H,1H3,(H,23,24). The molecule has 3 rings (SSSR count). The highest BCUT2D eigenvalue weighted by molar-refractivity contribution is 7.07. The molecule has 0 atom stereocenters. The van der Waals surface area contributed by atoms with E-state index >= 15 is 0 Å². The molecule has 5 nitrogen and oxygen atoms in total. The van der Waals surface area contributed by atoms with E-state index in [1.165, 1.54) is 11.5 Å². The van der Waals surface area contributed by atoms with Gasteiger partial charge in [0, 0.05) is 10.6 Å². The van der Waals surface area contributed by atoms with E-state index in [0.29, 0.717) is 38.4 Å². The van der Waals surface area contributed by atoms with Crippen LogP contribution in [0.3, 0.4) is 0 Å². The Hall–Kier alpha value is -2.59. The van der Waals surface area contributed by atoms with Gasteiger partial charge >= 0.3 is 0 Å². The molecule has 0 saturated carbocycles. The molecule has 0 spiro atoms. The highest BCUT2D eigenvalue weighted by Crippen LogP contribution is 2.27. The molecule has 0 radical (unpaired) electrons. The fraction of sp³-hybridized carbons (Fsp3) is 0.0556. The molecule has 8 heteroatoms. The van der Waals surface area contributed by atoms with Gasteiger partial charge in [-0.1, -0.05) is 40.8 Å². The van der Waals surface area contributed by atoms with Crippen molar-refractivity contribution in [1.29, 1.82) is 10.7 Å². The van der Waals surface area contributed by atoms with Gasteiger partial charge in [0.2, 0.25) is 5.96 Å². The van der Waals surface area contributed by atoms with E-state index in [1.54, 1.807) is 46.4 Å². The number of rotatable bonds is 2. The van der Waals surface area contributed by atoms with Crippen LogP contribution in [-0.2, 0) is 0 Å². The second kappa shape index (κ2) is 7.75. The summed E-state index contributed by atoms with van der Waals surface area (Å²) in [4.78, 5) is 5.56. The molecule has 0 aliphatic carbocycles. The van der Waals surface area contributed by atoms with E-state index in [4.69, 9.17) is 33.9 Å². The van der Waals surface area contributed by atoms with E-state index in [2.05, 4.69) is 16.4 Å². The van der Waals surface area contributed by atoms with Crippen molar-refractivity contribution >= 4 is 52.1 Å². The van der Waals surface area contributed by atoms with Crippen molar-refractivity contribution in [3.05, 3.63) is 74.5 Å². The number of hydrogen-bond donors (Lipinski definition) is 2. The summed E-state index contributed by atoms with van der Waals surface area (Å²) < 4.78 is 1.66. The highest BCUT2D eigenvalue weighted by Gasteiger charge is 2.09. The molecule has 0 amide bonds. The Morgan fingerprint density at radius 1 is 1.19 bits per heavy atom. The lowest BCUT2D eigenvalue weighted by molar-refractivity contribution is 1.07. The van der Waals surface area contributed by atoms with Crippen LogP contribution in [0, 0.1) is 23.7 Å². The second-order valence-electron chi connectivity index (χ2n) is 5.38. The third-order valence-electron chi connectivity index (χ3n) is 3.37. The first-order valence-corrected chi connectivity index (χ1v) is 9.05. The van der Waals surface area contributed by atoms with Crippen molar-refractivity contribution in [3.8, 4) is 6.07 Å². The Balaban J connectivity index is 2.08. The van der Waals surface area contributed by atoms with Gasteiger partial charge in [0.15, 0.2) is 0 Å². The molecule has 0 bridgehead atoms. The van der Waals surface area contributed by atoms with Crippen LogP contribution in [0.1, 0.15) is 10.4 Å². The minimum atomic E-state index is 0.301. The second-order valence-corrected chi connectivity index (χ2v) is 7.38. The number of nitrogens with zero attached hydrogens (tertiary/aromatic N) is 3. The van der Waals surface area contributed by atoms with Gasteiger partial charge in [0.1, 0.15) is 5.49 Å². The van der Waals surface area contributed by atoms with Gasteiger partial charge in [-0.2, -0.15) is 5.26 Å². The number of aryl methyl sites for hydroxylation is 1. The number of hydrogen-bond acceptors (Lipinski definition) is 4. The Kier molecular flexibility index (Phi) is 5.43. The predicted molar refractivity (Wildman–Crippen MR) is 107 cm³/mol. The number of benzene rings is 2. The smallest absolute Gasteiger partial charge is 0.223 e. The zero-order chi connectivity index (χ0) is 18.7. The first-order valence-electron chi connectivity index (χ1n) is 7.52. The summed E-state index contributed by atoms with van der Waals surface area (Å²) in [5.41, 5.74) is 2.12. The Labute approximate surface area is 164 Å². The van der Waals surface area contributed by atoms with Crippen LogP contribution in [-0.4, -0.2) is 9.92 Å². The molecule has 130 valence electrons. The Bertz CT molecular complexity index is 1090. The van der Waals surface area contributed by atoms with E-state index in [1.807, 2.05) is 13.0 Å². The van der Waals surface area contributed by atoms with Crippen LogP contribution in [0.4, 0.5) is 11.4 Å². The van der Waals surface area contributed by atoms with Crippen LogP contribution in [0.2, 0.25) is 10.0 Å². The normalized spacial score (nSPS) is 11.2. The molecule has 1 aromatic heterocycles. The van der Waals surface area contributed by atoms with Crippen LogP contribution in [0.25, 0.3) is 0 Å². The molecular weight excluding hydrogens is 389 g/mol. The summed E-state index contributed by atoms with van der Waals surface area (Å²) in [6.45, 7) is 1.92. The minimum Gasteiger partial charge on any atom is -0.325 e. The summed E-state index contributed by atoms with van der Waals surface area (Å²) >= 11 is 13.4. The van der Waals surface area contributed by atoms with E-state index in [0.717, 1.165) is 4.88 Å². The quantitative estimate of drug-likeness (QED) is 0.459. The monoisotopic (exact) mass is 401 g/mol. The van der Waals surface area contributed by atoms with Gasteiger partial charge in [-0.3, -0.25) is 5.41 Å². The van der Waals surface area contributed by atoms with E-state index < -0.39 is 0 Å². The Morgan fingerprint density at radius 3 is 2.65 bits per heavy atom. The predicted octanol–water partition coefficient (Wildman–Crippen LogP) is 5.16. The molecule has 0 aliphatic heterocycles. The molecule has 26 heavy (non-hydrogen) atoms. The van der Waals surface area contributed by atoms with Crippen LogP contribution >= 0.6 is 34.7 Å². The summed E-state index contributed by atoms with van der Waals surface area (Å²) in [7, 11) is 0. The zero-order valence-corrected chi connectivity index (χ0v) is 16.0. The first-order chi connectivity index (χ1) is 12.5. The first kappa shape index (κ1) is 18.2. The summed E-state index contributed by atoms with van der Waals surface area (Å²) in [6.07, 6.45) is 0. The van der Waals surface area contributed by atoms with Crippen molar-refractivity contribution in [2.45, 2.75) is 6.92 Å². The summed E-state index contributed by atoms with van der Waals surface area (Å²) in [6, 6.07) is 16.0. The molecule has 0 unspecified atom stereocenters. The van der Waals surface area contributed by atoms with Gasteiger partial charge in [-0.15, -0.1) is 0 Å². The van der Waals surface area contributed by atoms with E-state index in [9.17, 15) is 0 Å². The van der Waals surface area contributed by atoms with Crippen LogP contribution in [0.15, 0.2) is 53.5 Å². The van der Waals surface area contributed by atoms with Crippen molar-refractivity contribution in [2.75, 3.05) is 5.32 Å². The number of nitriles is 1. The number of aromatic nitrogens is 1. The number of nitrogens with one attached hydrogen (secondary N) is 2. The molecule has 3 aromatic rings. The SMILES string of the molecule is Cc1cc(=N)n(C(=Nc2ccc(Cl)c(Cl)c2)Nc2cccc(C#N)c2)s1. The number of anilines is 1. The molecule has 0 aliphatic rings. The van der Waals surface area contributed by atoms with Gasteiger partial charge in [-0.05, 0) is 49.4 Å². The lowest BCUT2D eigenvalue weighted by Gasteiger charge is -2.11. The number of halogens is 2. The van der Waals surface area contributed by atoms with Gasteiger partial charge in [-0.25, -0.2) is 8.95 Å². The molecule has 0 fully saturated rings. The average molecular weight is 402 g/mol. The fourth-order valence-corrected chi connectivity index (χ4v) is 3.29. The van der Waals surface area contributed by atoms with Crippen molar-refractivity contribution in [2.24, 2.45) is 4.99 Å². The molecule has 2 aromatic carbocycles. The maximum atomic E-state index is 9.08. The minimum absolute atomic E-state index is 0.301. The van der Waals surface area contributed by atoms with Crippen LogP contribution in [0.5, 0.6) is 0 Å². The third-order valence-corrected chi connectivity index (χ3v) is 5.07. The average Bonchev–Trinajstić information content (AvgIpc) is 2.96. The lowest BCUT2D eigenvalue weighted by atomic mass is 10.2. The van der Waals surface area contributed by atoms with Crippen LogP contribution < -0.4 is 10.8 Å². The van der Waals surface area contributed by atoms with Gasteiger partial charge in [0.05, 0.1) is 27.4 Å². The Morgan fingerprint density at radius 2 is 2.00 bits per heavy atom. The molecule has 2 N–H and O–H groups in total. The highest BCUT2D eigenvalue weighted by atomic mass is 35.5. The summed E-state index contributed by atoms with van der Waals surface area (Å²) in [5, 5.41) is 21.3. The summed E-state index contributed by atoms with van der Waals surface area (Å²) in [5.74, 6) is 0.432. The topological polar surface area (TPSA) is 77.0 Å². The number of aliphatic imine (C=N–C) groups is 1. The maximum Gasteiger partial charge on any atom is 0.223 e. The van der Waals surface area contributed by atoms with E-state index in [-0.39, 0.29) is 0 Å². The molecule has 0 saturated heterocycles. The lowest BCUT2D eigenvalue weighted by Crippen LogP contribution is -2.28. The molecule has 1 heterocycles. The van der Waals surface area contributed by atoms with Crippen molar-refractivity contribution < 1.29 is 0 Å². The van der Waals surface area contributed by atoms with Gasteiger partial charge in [0.25, 0.3) is 0 Å². The molecular formula is C18H13Cl2N5S. The maximum absolute atomic E-state index is 9.08. The fourth-order valence-electron chi connectivity index (χ4n) is 2.22. The third kappa shape index (κ3) is 4.14. The zero-order valence-electron chi connectivity index (χ0n) is 13.6.